The van der Waals surface area contributed by atoms with Crippen molar-refractivity contribution < 1.29 is 19.0 Å². The number of hydrogen-bond acceptors (Lipinski definition) is 4. The molecule has 0 saturated heterocycles. The third kappa shape index (κ3) is 1.53. The Morgan fingerprint density at radius 2 is 2.18 bits per heavy atom. The van der Waals surface area contributed by atoms with Crippen LogP contribution in [0.1, 0.15) is 0 Å². The molecule has 1 heterocycles. The molecule has 6 heteroatoms. The zero-order valence-corrected chi connectivity index (χ0v) is 6.21. The molecule has 0 aromatic heterocycles. The molecular formula is C5H7NO4S. The molecule has 0 amide bonds. The molecule has 4 N–H and O–H groups in total. The maximum absolute atomic E-state index is 10.3. The Morgan fingerprint density at radius 1 is 1.55 bits per heavy atom. The van der Waals surface area contributed by atoms with E-state index in [1.54, 1.807) is 0 Å². The molecule has 1 aliphatic heterocycles. The molecule has 0 fully saturated rings. The van der Waals surface area contributed by atoms with Crippen LogP contribution in [0.25, 0.3) is 0 Å². The van der Waals surface area contributed by atoms with Gasteiger partial charge in [-0.15, -0.1) is 10.6 Å². The molecule has 11 heavy (non-hydrogen) atoms. The quantitative estimate of drug-likeness (QED) is 0.474. The molecule has 0 spiro atoms. The van der Waals surface area contributed by atoms with E-state index >= 15 is 0 Å². The van der Waals surface area contributed by atoms with Crippen molar-refractivity contribution in [1.29, 1.82) is 0 Å². The fourth-order valence-corrected chi connectivity index (χ4v) is 1.52. The third-order valence-corrected chi connectivity index (χ3v) is 2.56. The van der Waals surface area contributed by atoms with Crippen LogP contribution in [0.3, 0.4) is 0 Å². The second-order valence-electron chi connectivity index (χ2n) is 1.88. The van der Waals surface area contributed by atoms with E-state index in [9.17, 15) is 4.79 Å². The van der Waals surface area contributed by atoms with Crippen molar-refractivity contribution in [3.8, 4) is 0 Å². The lowest BCUT2D eigenvalue weighted by Crippen LogP contribution is -2.15. The van der Waals surface area contributed by atoms with Crippen molar-refractivity contribution in [2.45, 2.75) is 0 Å². The summed E-state index contributed by atoms with van der Waals surface area (Å²) in [5, 5.41) is 11.9. The summed E-state index contributed by atoms with van der Waals surface area (Å²) in [6.45, 7) is 0. The maximum atomic E-state index is 10.3. The third-order valence-electron chi connectivity index (χ3n) is 1.10. The summed E-state index contributed by atoms with van der Waals surface area (Å²) in [7, 11) is -3.20. The Bertz CT molecular complexity index is 245. The van der Waals surface area contributed by atoms with Crippen molar-refractivity contribution in [1.82, 2.24) is 5.32 Å². The summed E-state index contributed by atoms with van der Waals surface area (Å²) in [6, 6.07) is 0. The first-order valence-corrected chi connectivity index (χ1v) is 4.29. The predicted octanol–water partition coefficient (Wildman–Crippen LogP) is 0.737. The molecule has 0 aromatic rings. The van der Waals surface area contributed by atoms with E-state index < -0.39 is 21.5 Å². The van der Waals surface area contributed by atoms with Crippen molar-refractivity contribution in [2.75, 3.05) is 0 Å². The minimum absolute atomic E-state index is 0.417. The predicted molar refractivity (Wildman–Crippen MR) is 40.8 cm³/mol. The molecular weight excluding hydrogens is 170 g/mol. The van der Waals surface area contributed by atoms with Crippen molar-refractivity contribution in [2.24, 2.45) is 0 Å². The SMILES string of the molecule is O=C(O)C1=CNC=CS1(O)O. The summed E-state index contributed by atoms with van der Waals surface area (Å²) < 4.78 is 18.1. The lowest BCUT2D eigenvalue weighted by molar-refractivity contribution is -0.131. The van der Waals surface area contributed by atoms with Gasteiger partial charge >= 0.3 is 5.97 Å². The van der Waals surface area contributed by atoms with Crippen LogP contribution in [0, 0.1) is 0 Å². The first-order chi connectivity index (χ1) is 5.04. The molecule has 0 bridgehead atoms. The largest absolute Gasteiger partial charge is 0.477 e. The number of rotatable bonds is 1. The summed E-state index contributed by atoms with van der Waals surface area (Å²) in [5.74, 6) is -1.33. The molecule has 5 nitrogen and oxygen atoms in total. The van der Waals surface area contributed by atoms with Crippen LogP contribution >= 0.6 is 10.6 Å². The molecule has 1 rings (SSSR count). The number of carbonyl (C=O) groups is 1. The first kappa shape index (κ1) is 8.12. The lowest BCUT2D eigenvalue weighted by Gasteiger charge is -2.30. The minimum atomic E-state index is -3.20. The molecule has 62 valence electrons. The summed E-state index contributed by atoms with van der Waals surface area (Å²) >= 11 is 0. The van der Waals surface area contributed by atoms with Gasteiger partial charge in [0.05, 0.1) is 0 Å². The zero-order valence-electron chi connectivity index (χ0n) is 5.39. The number of hydrogen-bond donors (Lipinski definition) is 4. The van der Waals surface area contributed by atoms with E-state index in [0.717, 1.165) is 11.6 Å². The van der Waals surface area contributed by atoms with E-state index in [1.165, 1.54) is 6.20 Å². The highest BCUT2D eigenvalue weighted by Gasteiger charge is 2.24. The highest BCUT2D eigenvalue weighted by atomic mass is 32.3. The molecule has 0 aromatic carbocycles. The summed E-state index contributed by atoms with van der Waals surface area (Å²) in [6.07, 6.45) is 2.33. The van der Waals surface area contributed by atoms with Gasteiger partial charge in [-0.2, -0.15) is 0 Å². The normalized spacial score (nSPS) is 23.3. The first-order valence-electron chi connectivity index (χ1n) is 2.68. The Kier molecular flexibility index (Phi) is 1.90. The van der Waals surface area contributed by atoms with Crippen LogP contribution in [0.2, 0.25) is 0 Å². The van der Waals surface area contributed by atoms with Crippen LogP contribution in [0.15, 0.2) is 22.7 Å². The molecule has 0 aliphatic carbocycles. The molecule has 0 saturated carbocycles. The van der Waals surface area contributed by atoms with Gasteiger partial charge in [-0.05, 0) is 0 Å². The van der Waals surface area contributed by atoms with Gasteiger partial charge in [0.1, 0.15) is 0 Å². The van der Waals surface area contributed by atoms with Gasteiger partial charge in [0.15, 0.2) is 4.91 Å². The Labute approximate surface area is 64.4 Å². The lowest BCUT2D eigenvalue weighted by atomic mass is 10.6. The van der Waals surface area contributed by atoms with Gasteiger partial charge in [0.2, 0.25) is 0 Å². The molecule has 0 unspecified atom stereocenters. The Morgan fingerprint density at radius 3 is 2.55 bits per heavy atom. The highest BCUT2D eigenvalue weighted by molar-refractivity contribution is 8.30. The van der Waals surface area contributed by atoms with Crippen molar-refractivity contribution >= 4 is 16.6 Å². The number of carboxylic acid groups (broad SMARTS) is 1. The summed E-state index contributed by atoms with van der Waals surface area (Å²) in [4.78, 5) is 9.91. The van der Waals surface area contributed by atoms with Crippen LogP contribution in [0.4, 0.5) is 0 Å². The average molecular weight is 177 g/mol. The van der Waals surface area contributed by atoms with Crippen LogP contribution in [-0.4, -0.2) is 20.2 Å². The fourth-order valence-electron chi connectivity index (χ4n) is 0.608. The number of nitrogens with one attached hydrogen (secondary N) is 1. The van der Waals surface area contributed by atoms with Crippen LogP contribution < -0.4 is 5.32 Å². The maximum Gasteiger partial charge on any atom is 0.353 e. The second kappa shape index (κ2) is 2.57. The van der Waals surface area contributed by atoms with Gasteiger partial charge in [-0.25, -0.2) is 4.79 Å². The number of carboxylic acids is 1. The van der Waals surface area contributed by atoms with E-state index in [1.807, 2.05) is 0 Å². The van der Waals surface area contributed by atoms with Crippen molar-refractivity contribution in [3.05, 3.63) is 22.7 Å². The van der Waals surface area contributed by atoms with Gasteiger partial charge < -0.3 is 10.4 Å². The van der Waals surface area contributed by atoms with Crippen molar-refractivity contribution in [3.63, 3.8) is 0 Å². The van der Waals surface area contributed by atoms with Gasteiger partial charge in [-0.1, -0.05) is 0 Å². The van der Waals surface area contributed by atoms with E-state index in [4.69, 9.17) is 14.2 Å². The molecule has 1 aliphatic rings. The van der Waals surface area contributed by atoms with E-state index in [2.05, 4.69) is 5.32 Å². The second-order valence-corrected chi connectivity index (χ2v) is 3.77. The Hall–Kier alpha value is -0.980. The highest BCUT2D eigenvalue weighted by Crippen LogP contribution is 2.49. The Balaban J connectivity index is 2.95. The zero-order chi connectivity index (χ0) is 8.48. The topological polar surface area (TPSA) is 89.8 Å². The van der Waals surface area contributed by atoms with Gasteiger partial charge in [0.25, 0.3) is 0 Å². The standard InChI is InChI=1S/C5H7NO4S/c7-5(8)4-3-6-1-2-11(4,9)10/h1-3,6,9-10H,(H,7,8). The summed E-state index contributed by atoms with van der Waals surface area (Å²) in [5.41, 5.74) is 0. The van der Waals surface area contributed by atoms with Crippen LogP contribution in [0.5, 0.6) is 0 Å². The fraction of sp³-hybridized carbons (Fsp3) is 0. The van der Waals surface area contributed by atoms with Gasteiger partial charge in [-0.3, -0.25) is 9.11 Å². The van der Waals surface area contributed by atoms with E-state index in [0.29, 0.717) is 0 Å². The number of aliphatic carboxylic acids is 1. The monoisotopic (exact) mass is 177 g/mol. The molecule has 0 atom stereocenters. The molecule has 0 radical (unpaired) electrons. The van der Waals surface area contributed by atoms with Crippen LogP contribution in [-0.2, 0) is 4.79 Å². The smallest absolute Gasteiger partial charge is 0.353 e. The minimum Gasteiger partial charge on any atom is -0.477 e. The average Bonchev–Trinajstić information content (AvgIpc) is 1.85. The van der Waals surface area contributed by atoms with E-state index in [-0.39, 0.29) is 0 Å². The van der Waals surface area contributed by atoms with Gasteiger partial charge in [0, 0.05) is 17.8 Å².